The molecule has 0 aliphatic carbocycles. The van der Waals surface area contributed by atoms with Crippen molar-refractivity contribution in [3.63, 3.8) is 0 Å². The average Bonchev–Trinajstić information content (AvgIpc) is 3.33. The number of hydrazine groups is 1. The zero-order valence-corrected chi connectivity index (χ0v) is 16.5. The number of urea groups is 1. The Balaban J connectivity index is 1.39. The lowest BCUT2D eigenvalue weighted by atomic mass is 9.93. The molecular weight excluding hydrogens is 393 g/mol. The molecule has 4 rings (SSSR count). The summed E-state index contributed by atoms with van der Waals surface area (Å²) in [6.07, 6.45) is 4.76. The molecule has 1 aromatic heterocycles. The number of aromatic nitrogens is 1. The van der Waals surface area contributed by atoms with Gasteiger partial charge in [0.25, 0.3) is 0 Å². The molecule has 0 unspecified atom stereocenters. The van der Waals surface area contributed by atoms with Gasteiger partial charge in [0.15, 0.2) is 17.4 Å². The van der Waals surface area contributed by atoms with Gasteiger partial charge in [-0.25, -0.2) is 14.2 Å². The summed E-state index contributed by atoms with van der Waals surface area (Å²) in [5.74, 6) is 0.412. The van der Waals surface area contributed by atoms with Gasteiger partial charge >= 0.3 is 6.03 Å². The molecule has 4 N–H and O–H groups in total. The second-order valence-corrected chi connectivity index (χ2v) is 7.57. The van der Waals surface area contributed by atoms with Gasteiger partial charge in [-0.05, 0) is 12.1 Å². The van der Waals surface area contributed by atoms with Crippen LogP contribution in [0.2, 0.25) is 0 Å². The number of nitrogens with one attached hydrogen (secondary N) is 4. The van der Waals surface area contributed by atoms with E-state index < -0.39 is 11.8 Å². The van der Waals surface area contributed by atoms with E-state index >= 15 is 0 Å². The number of hydroxylamine groups is 2. The molecule has 10 nitrogen and oxygen atoms in total. The highest BCUT2D eigenvalue weighted by Gasteiger charge is 2.23. The number of rotatable bonds is 4. The summed E-state index contributed by atoms with van der Waals surface area (Å²) in [5.41, 5.74) is 6.86. The van der Waals surface area contributed by atoms with E-state index in [1.54, 1.807) is 18.5 Å². The Labute approximate surface area is 171 Å². The third kappa shape index (κ3) is 4.04. The molecule has 2 aliphatic heterocycles. The third-order valence-electron chi connectivity index (χ3n) is 4.19. The smallest absolute Gasteiger partial charge is 0.325 e. The second kappa shape index (κ2) is 7.43. The molecule has 156 valence electrons. The van der Waals surface area contributed by atoms with Gasteiger partial charge in [-0.3, -0.25) is 10.7 Å². The third-order valence-corrected chi connectivity index (χ3v) is 4.19. The average molecular weight is 413 g/mol. The van der Waals surface area contributed by atoms with Gasteiger partial charge in [-0.1, -0.05) is 25.9 Å². The fraction of sp³-hybridized carbons (Fsp3) is 0.211. The van der Waals surface area contributed by atoms with E-state index in [9.17, 15) is 9.18 Å². The molecule has 11 heteroatoms. The van der Waals surface area contributed by atoms with Crippen LogP contribution in [0.5, 0.6) is 5.75 Å². The molecule has 0 fully saturated rings. The van der Waals surface area contributed by atoms with Crippen LogP contribution in [0.15, 0.2) is 57.6 Å². The van der Waals surface area contributed by atoms with Crippen LogP contribution >= 0.6 is 0 Å². The molecule has 1 aromatic carbocycles. The molecule has 2 aliphatic rings. The summed E-state index contributed by atoms with van der Waals surface area (Å²) >= 11 is 0. The number of carbonyl (C=O) groups excluding carboxylic acids is 1. The first-order valence-corrected chi connectivity index (χ1v) is 9.07. The number of hydrogen-bond donors (Lipinski definition) is 4. The first-order chi connectivity index (χ1) is 14.3. The summed E-state index contributed by atoms with van der Waals surface area (Å²) in [4.78, 5) is 21.8. The molecule has 3 heterocycles. The van der Waals surface area contributed by atoms with Crippen molar-refractivity contribution in [3.8, 4) is 5.75 Å². The molecular formula is C19H20FN7O3. The lowest BCUT2D eigenvalue weighted by molar-refractivity contribution is 0.0641. The number of amides is 2. The van der Waals surface area contributed by atoms with Crippen molar-refractivity contribution in [1.82, 2.24) is 21.1 Å². The van der Waals surface area contributed by atoms with Crippen molar-refractivity contribution >= 4 is 23.9 Å². The monoisotopic (exact) mass is 413 g/mol. The number of carbonyl (C=O) groups is 1. The number of halogens is 1. The molecule has 0 spiro atoms. The first kappa shape index (κ1) is 19.3. The van der Waals surface area contributed by atoms with E-state index in [2.05, 4.69) is 31.6 Å². The maximum atomic E-state index is 14.5. The second-order valence-electron chi connectivity index (χ2n) is 7.57. The lowest BCUT2D eigenvalue weighted by Crippen LogP contribution is -2.29. The Bertz CT molecular complexity index is 1070. The molecule has 2 amide bonds. The molecule has 0 bridgehead atoms. The Morgan fingerprint density at radius 1 is 1.27 bits per heavy atom. The Hall–Kier alpha value is -4.02. The highest BCUT2D eigenvalue weighted by atomic mass is 19.1. The molecule has 0 saturated carbocycles. The summed E-state index contributed by atoms with van der Waals surface area (Å²) in [6, 6.07) is 5.05. The fourth-order valence-electron chi connectivity index (χ4n) is 2.63. The zero-order chi connectivity index (χ0) is 21.3. The molecule has 2 aromatic rings. The molecule has 30 heavy (non-hydrogen) atoms. The minimum Gasteiger partial charge on any atom is -0.374 e. The number of anilines is 2. The van der Waals surface area contributed by atoms with Crippen LogP contribution in [-0.4, -0.2) is 22.6 Å². The standard InChI is InChI=1S/C19H20FN7O3/c1-19(2,3)16-7-17(26-29-16)24-18(28)23-13-5-4-11(6-12(13)20)30-27-10-21-8-14-15(27)9-22-25-14/h4-10,22,25H,1-3H3,(H2,23,24,26,28). The minimum absolute atomic E-state index is 0.0179. The topological polar surface area (TPSA) is 116 Å². The summed E-state index contributed by atoms with van der Waals surface area (Å²) in [5, 5.41) is 10.1. The highest BCUT2D eigenvalue weighted by molar-refractivity contribution is 5.99. The van der Waals surface area contributed by atoms with Crippen molar-refractivity contribution < 1.29 is 18.5 Å². The maximum Gasteiger partial charge on any atom is 0.325 e. The highest BCUT2D eigenvalue weighted by Crippen LogP contribution is 2.26. The van der Waals surface area contributed by atoms with Crippen LogP contribution < -0.4 is 26.3 Å². The first-order valence-electron chi connectivity index (χ1n) is 9.07. The Morgan fingerprint density at radius 2 is 2.10 bits per heavy atom. The van der Waals surface area contributed by atoms with Crippen LogP contribution in [0.1, 0.15) is 26.5 Å². The van der Waals surface area contributed by atoms with Crippen molar-refractivity contribution in [1.29, 1.82) is 0 Å². The Kier molecular flexibility index (Phi) is 4.78. The van der Waals surface area contributed by atoms with E-state index in [-0.39, 0.29) is 22.7 Å². The van der Waals surface area contributed by atoms with Gasteiger partial charge in [-0.15, -0.1) is 0 Å². The normalized spacial score (nSPS) is 14.9. The minimum atomic E-state index is -0.667. The zero-order valence-electron chi connectivity index (χ0n) is 16.5. The number of benzene rings is 1. The van der Waals surface area contributed by atoms with Crippen LogP contribution in [-0.2, 0) is 5.41 Å². The summed E-state index contributed by atoms with van der Waals surface area (Å²) < 4.78 is 19.7. The van der Waals surface area contributed by atoms with E-state index in [0.717, 1.165) is 11.8 Å². The number of aliphatic imine (C=N–C) groups is 1. The number of nitrogens with zero attached hydrogens (tertiary/aromatic N) is 3. The largest absolute Gasteiger partial charge is 0.374 e. The quantitative estimate of drug-likeness (QED) is 0.608. The van der Waals surface area contributed by atoms with E-state index in [1.807, 2.05) is 20.8 Å². The van der Waals surface area contributed by atoms with Gasteiger partial charge in [0.1, 0.15) is 23.5 Å². The van der Waals surface area contributed by atoms with Crippen LogP contribution in [0.3, 0.4) is 0 Å². The van der Waals surface area contributed by atoms with Crippen LogP contribution in [0.25, 0.3) is 0 Å². The van der Waals surface area contributed by atoms with Gasteiger partial charge < -0.3 is 20.1 Å². The van der Waals surface area contributed by atoms with Crippen LogP contribution in [0.4, 0.5) is 20.7 Å². The lowest BCUT2D eigenvalue weighted by Gasteiger charge is -2.22. The summed E-state index contributed by atoms with van der Waals surface area (Å²) in [7, 11) is 0. The van der Waals surface area contributed by atoms with Gasteiger partial charge in [0.2, 0.25) is 0 Å². The van der Waals surface area contributed by atoms with Gasteiger partial charge in [0, 0.05) is 23.7 Å². The number of hydrogen-bond acceptors (Lipinski definition) is 8. The van der Waals surface area contributed by atoms with Crippen molar-refractivity contribution in [2.75, 3.05) is 10.6 Å². The maximum absolute atomic E-state index is 14.5. The molecule has 0 saturated heterocycles. The predicted octanol–water partition coefficient (Wildman–Crippen LogP) is 3.18. The van der Waals surface area contributed by atoms with E-state index in [4.69, 9.17) is 9.36 Å². The number of fused-ring (bicyclic) bond motifs is 1. The van der Waals surface area contributed by atoms with Gasteiger partial charge in [0.05, 0.1) is 11.9 Å². The van der Waals surface area contributed by atoms with E-state index in [1.165, 1.54) is 23.5 Å². The Morgan fingerprint density at radius 3 is 2.83 bits per heavy atom. The predicted molar refractivity (Wildman–Crippen MR) is 108 cm³/mol. The van der Waals surface area contributed by atoms with Crippen molar-refractivity contribution in [3.05, 3.63) is 59.6 Å². The SMILES string of the molecule is CC(C)(C)c1cc(NC(=O)Nc2ccc(ON3C=NC=C4NNC=C43)cc2F)no1. The molecule has 0 atom stereocenters. The fourth-order valence-corrected chi connectivity index (χ4v) is 2.63. The van der Waals surface area contributed by atoms with Crippen molar-refractivity contribution in [2.24, 2.45) is 4.99 Å². The van der Waals surface area contributed by atoms with Crippen molar-refractivity contribution in [2.45, 2.75) is 26.2 Å². The van der Waals surface area contributed by atoms with Crippen LogP contribution in [0, 0.1) is 5.82 Å². The molecule has 0 radical (unpaired) electrons. The van der Waals surface area contributed by atoms with Gasteiger partial charge in [-0.2, -0.15) is 5.06 Å². The summed E-state index contributed by atoms with van der Waals surface area (Å²) in [6.45, 7) is 5.87. The van der Waals surface area contributed by atoms with E-state index in [0.29, 0.717) is 11.5 Å².